The van der Waals surface area contributed by atoms with Crippen LogP contribution in [0.3, 0.4) is 0 Å². The van der Waals surface area contributed by atoms with Crippen LogP contribution in [0.25, 0.3) is 0 Å². The van der Waals surface area contributed by atoms with Crippen LogP contribution in [0, 0.1) is 13.8 Å². The molecule has 2 amide bonds. The molecule has 2 aromatic rings. The Morgan fingerprint density at radius 1 is 0.923 bits per heavy atom. The van der Waals surface area contributed by atoms with Crippen LogP contribution < -0.4 is 9.62 Å². The number of sulfonamides is 1. The molecule has 1 aliphatic heterocycles. The molecule has 1 aliphatic rings. The van der Waals surface area contributed by atoms with Gasteiger partial charge in [-0.3, -0.25) is 0 Å². The molecule has 7 heteroatoms. The minimum atomic E-state index is -3.85. The average Bonchev–Trinajstić information content (AvgIpc) is 2.62. The van der Waals surface area contributed by atoms with Gasteiger partial charge >= 0.3 is 6.03 Å². The van der Waals surface area contributed by atoms with Crippen molar-refractivity contribution in [3.8, 4) is 0 Å². The fraction of sp³-hybridized carbons (Fsp3) is 0.316. The van der Waals surface area contributed by atoms with Crippen LogP contribution in [0.15, 0.2) is 53.4 Å². The Morgan fingerprint density at radius 2 is 1.54 bits per heavy atom. The van der Waals surface area contributed by atoms with Crippen molar-refractivity contribution in [2.45, 2.75) is 18.7 Å². The van der Waals surface area contributed by atoms with Gasteiger partial charge in [0.15, 0.2) is 0 Å². The molecule has 138 valence electrons. The molecule has 0 unspecified atom stereocenters. The summed E-state index contributed by atoms with van der Waals surface area (Å²) in [5.41, 5.74) is 3.30. The van der Waals surface area contributed by atoms with Crippen molar-refractivity contribution in [3.63, 3.8) is 0 Å². The van der Waals surface area contributed by atoms with Crippen molar-refractivity contribution in [1.82, 2.24) is 9.62 Å². The van der Waals surface area contributed by atoms with Crippen LogP contribution in [0.4, 0.5) is 10.5 Å². The Bertz CT molecular complexity index is 887. The van der Waals surface area contributed by atoms with E-state index in [1.807, 2.05) is 19.1 Å². The smallest absolute Gasteiger partial charge is 0.331 e. The summed E-state index contributed by atoms with van der Waals surface area (Å²) in [6.07, 6.45) is 0. The summed E-state index contributed by atoms with van der Waals surface area (Å²) in [4.78, 5) is 16.2. The second-order valence-electron chi connectivity index (χ2n) is 6.48. The number of anilines is 1. The van der Waals surface area contributed by atoms with Crippen molar-refractivity contribution in [2.24, 2.45) is 0 Å². The van der Waals surface area contributed by atoms with E-state index in [4.69, 9.17) is 0 Å². The van der Waals surface area contributed by atoms with Crippen LogP contribution in [0.1, 0.15) is 11.1 Å². The fourth-order valence-corrected chi connectivity index (χ4v) is 4.00. The third-order valence-electron chi connectivity index (χ3n) is 4.58. The van der Waals surface area contributed by atoms with E-state index in [1.54, 1.807) is 17.0 Å². The quantitative estimate of drug-likeness (QED) is 0.898. The van der Waals surface area contributed by atoms with Crippen molar-refractivity contribution < 1.29 is 13.2 Å². The summed E-state index contributed by atoms with van der Waals surface area (Å²) in [6.45, 7) is 6.23. The van der Waals surface area contributed by atoms with Gasteiger partial charge in [0.2, 0.25) is 0 Å². The molecular weight excluding hydrogens is 350 g/mol. The van der Waals surface area contributed by atoms with E-state index in [1.165, 1.54) is 17.7 Å². The van der Waals surface area contributed by atoms with Gasteiger partial charge in [-0.1, -0.05) is 35.9 Å². The number of nitrogens with zero attached hydrogens (tertiary/aromatic N) is 2. The average molecular weight is 373 g/mol. The first-order valence-corrected chi connectivity index (χ1v) is 10.0. The summed E-state index contributed by atoms with van der Waals surface area (Å²) in [6, 6.07) is 14.0. The van der Waals surface area contributed by atoms with Gasteiger partial charge in [-0.05, 0) is 37.6 Å². The van der Waals surface area contributed by atoms with Crippen molar-refractivity contribution in [2.75, 3.05) is 31.1 Å². The molecule has 26 heavy (non-hydrogen) atoms. The molecule has 3 rings (SSSR count). The van der Waals surface area contributed by atoms with Crippen LogP contribution >= 0.6 is 0 Å². The van der Waals surface area contributed by atoms with Crippen molar-refractivity contribution in [3.05, 3.63) is 59.7 Å². The van der Waals surface area contributed by atoms with Gasteiger partial charge in [0, 0.05) is 31.9 Å². The van der Waals surface area contributed by atoms with Crippen LogP contribution in [0.2, 0.25) is 0 Å². The van der Waals surface area contributed by atoms with Gasteiger partial charge in [-0.2, -0.15) is 0 Å². The van der Waals surface area contributed by atoms with E-state index >= 15 is 0 Å². The zero-order valence-electron chi connectivity index (χ0n) is 15.0. The predicted molar refractivity (Wildman–Crippen MR) is 102 cm³/mol. The molecule has 0 spiro atoms. The number of benzene rings is 2. The van der Waals surface area contributed by atoms with Crippen LogP contribution in [-0.4, -0.2) is 45.5 Å². The molecule has 0 radical (unpaired) electrons. The molecule has 0 saturated carbocycles. The zero-order chi connectivity index (χ0) is 18.7. The van der Waals surface area contributed by atoms with E-state index in [2.05, 4.69) is 28.7 Å². The second-order valence-corrected chi connectivity index (χ2v) is 8.17. The van der Waals surface area contributed by atoms with E-state index in [0.717, 1.165) is 11.3 Å². The number of nitrogens with one attached hydrogen (secondary N) is 1. The van der Waals surface area contributed by atoms with E-state index in [9.17, 15) is 13.2 Å². The van der Waals surface area contributed by atoms with Gasteiger partial charge in [0.1, 0.15) is 0 Å². The topological polar surface area (TPSA) is 69.7 Å². The third-order valence-corrected chi connectivity index (χ3v) is 5.91. The first-order chi connectivity index (χ1) is 12.4. The Hall–Kier alpha value is -2.54. The number of carbonyl (C=O) groups is 1. The lowest BCUT2D eigenvalue weighted by Gasteiger charge is -2.36. The largest absolute Gasteiger partial charge is 0.368 e. The van der Waals surface area contributed by atoms with E-state index in [-0.39, 0.29) is 4.90 Å². The number of amides is 2. The summed E-state index contributed by atoms with van der Waals surface area (Å²) in [5.74, 6) is 0. The summed E-state index contributed by atoms with van der Waals surface area (Å²) < 4.78 is 26.9. The number of urea groups is 1. The molecule has 0 atom stereocenters. The maximum Gasteiger partial charge on any atom is 0.331 e. The highest BCUT2D eigenvalue weighted by molar-refractivity contribution is 7.90. The Kier molecular flexibility index (Phi) is 5.18. The first kappa shape index (κ1) is 18.3. The monoisotopic (exact) mass is 373 g/mol. The third kappa shape index (κ3) is 3.99. The number of piperazine rings is 1. The van der Waals surface area contributed by atoms with Gasteiger partial charge in [0.25, 0.3) is 10.0 Å². The lowest BCUT2D eigenvalue weighted by atomic mass is 10.1. The number of carbonyl (C=O) groups excluding carboxylic acids is 1. The molecule has 2 aromatic carbocycles. The molecule has 0 bridgehead atoms. The molecule has 0 aliphatic carbocycles. The number of hydrogen-bond acceptors (Lipinski definition) is 4. The van der Waals surface area contributed by atoms with Gasteiger partial charge in [-0.15, -0.1) is 0 Å². The van der Waals surface area contributed by atoms with Gasteiger partial charge in [0.05, 0.1) is 4.90 Å². The lowest BCUT2D eigenvalue weighted by Crippen LogP contribution is -2.52. The van der Waals surface area contributed by atoms with Crippen molar-refractivity contribution >= 4 is 21.7 Å². The number of rotatable bonds is 3. The molecule has 1 saturated heterocycles. The minimum Gasteiger partial charge on any atom is -0.368 e. The maximum atomic E-state index is 12.4. The summed E-state index contributed by atoms with van der Waals surface area (Å²) >= 11 is 0. The van der Waals surface area contributed by atoms with E-state index < -0.39 is 16.1 Å². The molecule has 6 nitrogen and oxygen atoms in total. The highest BCUT2D eigenvalue weighted by Crippen LogP contribution is 2.21. The number of para-hydroxylation sites is 1. The van der Waals surface area contributed by atoms with Gasteiger partial charge in [-0.25, -0.2) is 17.9 Å². The maximum absolute atomic E-state index is 12.4. The standard InChI is InChI=1S/C19H23N3O3S/c1-15-7-9-17(10-8-15)26(24,25)20-19(23)22-13-11-21(12-14-22)18-6-4-3-5-16(18)2/h3-10H,11-14H2,1-2H3,(H,20,23). The second kappa shape index (κ2) is 7.37. The Labute approximate surface area is 154 Å². The SMILES string of the molecule is Cc1ccc(S(=O)(=O)NC(=O)N2CCN(c3ccccc3C)CC2)cc1. The van der Waals surface area contributed by atoms with Crippen LogP contribution in [-0.2, 0) is 10.0 Å². The normalized spacial score (nSPS) is 15.0. The Balaban J connectivity index is 1.62. The molecule has 0 aromatic heterocycles. The van der Waals surface area contributed by atoms with Gasteiger partial charge < -0.3 is 9.80 Å². The highest BCUT2D eigenvalue weighted by Gasteiger charge is 2.25. The zero-order valence-corrected chi connectivity index (χ0v) is 15.8. The summed E-state index contributed by atoms with van der Waals surface area (Å²) in [7, 11) is -3.85. The Morgan fingerprint density at radius 3 is 2.15 bits per heavy atom. The lowest BCUT2D eigenvalue weighted by molar-refractivity contribution is 0.200. The number of hydrogen-bond donors (Lipinski definition) is 1. The van der Waals surface area contributed by atoms with Crippen molar-refractivity contribution in [1.29, 1.82) is 0 Å². The molecular formula is C19H23N3O3S. The molecule has 1 N–H and O–H groups in total. The minimum absolute atomic E-state index is 0.0926. The fourth-order valence-electron chi connectivity index (χ4n) is 3.02. The highest BCUT2D eigenvalue weighted by atomic mass is 32.2. The predicted octanol–water partition coefficient (Wildman–Crippen LogP) is 2.52. The molecule has 1 fully saturated rings. The van der Waals surface area contributed by atoms with Crippen LogP contribution in [0.5, 0.6) is 0 Å². The van der Waals surface area contributed by atoms with E-state index in [0.29, 0.717) is 26.2 Å². The number of aryl methyl sites for hydroxylation is 2. The molecule has 1 heterocycles. The first-order valence-electron chi connectivity index (χ1n) is 8.56. The summed E-state index contributed by atoms with van der Waals surface area (Å²) in [5, 5.41) is 0.